The number of hydrazine groups is 1. The fourth-order valence-corrected chi connectivity index (χ4v) is 0.0818. The largest absolute Gasteiger partial charge is 0.407 e. The van der Waals surface area contributed by atoms with E-state index in [9.17, 15) is 13.2 Å². The summed E-state index contributed by atoms with van der Waals surface area (Å²) in [4.78, 5) is 0. The molecule has 0 aliphatic carbocycles. The summed E-state index contributed by atoms with van der Waals surface area (Å²) >= 11 is 0. The molecule has 0 aliphatic rings. The summed E-state index contributed by atoms with van der Waals surface area (Å²) in [7, 11) is 0. The minimum atomic E-state index is -4.29. The van der Waals surface area contributed by atoms with Crippen LogP contribution in [0.3, 0.4) is 0 Å². The van der Waals surface area contributed by atoms with Crippen LogP contribution in [-0.4, -0.2) is 11.7 Å². The Morgan fingerprint density at radius 1 is 1.09 bits per heavy atom. The molecule has 0 amide bonds. The predicted molar refractivity (Wildman–Crippen MR) is 42.0 cm³/mol. The van der Waals surface area contributed by atoms with Gasteiger partial charge in [0.2, 0.25) is 0 Å². The Morgan fingerprint density at radius 3 is 1.36 bits per heavy atom. The molecular formula is C4H11Cl2F3N2. The molecule has 0 saturated heterocycles. The van der Waals surface area contributed by atoms with Crippen LogP contribution in [0.5, 0.6) is 0 Å². The second kappa shape index (κ2) is 5.03. The van der Waals surface area contributed by atoms with Gasteiger partial charge in [0, 0.05) is 0 Å². The molecule has 0 radical (unpaired) electrons. The van der Waals surface area contributed by atoms with Crippen molar-refractivity contribution in [2.75, 3.05) is 0 Å². The Balaban J connectivity index is -0.000000320. The van der Waals surface area contributed by atoms with Gasteiger partial charge >= 0.3 is 6.18 Å². The van der Waals surface area contributed by atoms with Gasteiger partial charge < -0.3 is 0 Å². The summed E-state index contributed by atoms with van der Waals surface area (Å²) in [5.41, 5.74) is -0.337. The maximum absolute atomic E-state index is 11.7. The van der Waals surface area contributed by atoms with Gasteiger partial charge in [-0.3, -0.25) is 5.84 Å². The van der Waals surface area contributed by atoms with Crippen molar-refractivity contribution in [1.29, 1.82) is 0 Å². The molecule has 2 nitrogen and oxygen atoms in total. The minimum absolute atomic E-state index is 0. The molecule has 0 aromatic rings. The molecule has 0 aliphatic heterocycles. The molecule has 0 fully saturated rings. The highest BCUT2D eigenvalue weighted by Crippen LogP contribution is 2.28. The number of alkyl halides is 3. The van der Waals surface area contributed by atoms with Crippen LogP contribution in [0.15, 0.2) is 0 Å². The van der Waals surface area contributed by atoms with Crippen LogP contribution in [0, 0.1) is 0 Å². The van der Waals surface area contributed by atoms with E-state index in [1.165, 1.54) is 0 Å². The molecule has 0 spiro atoms. The van der Waals surface area contributed by atoms with E-state index >= 15 is 0 Å². The molecule has 0 aromatic carbocycles. The molecule has 7 heteroatoms. The van der Waals surface area contributed by atoms with E-state index in [0.717, 1.165) is 13.8 Å². The fraction of sp³-hybridized carbons (Fsp3) is 1.00. The Morgan fingerprint density at radius 2 is 1.36 bits per heavy atom. The third-order valence-electron chi connectivity index (χ3n) is 1.07. The van der Waals surface area contributed by atoms with Crippen molar-refractivity contribution in [3.05, 3.63) is 0 Å². The second-order valence-corrected chi connectivity index (χ2v) is 2.27. The Bertz CT molecular complexity index is 104. The lowest BCUT2D eigenvalue weighted by Crippen LogP contribution is -2.55. The van der Waals surface area contributed by atoms with Gasteiger partial charge in [-0.1, -0.05) is 0 Å². The third-order valence-corrected chi connectivity index (χ3v) is 1.07. The first-order valence-electron chi connectivity index (χ1n) is 2.36. The Hall–Kier alpha value is 0.290. The highest BCUT2D eigenvalue weighted by molar-refractivity contribution is 5.85. The predicted octanol–water partition coefficient (Wildman–Crippen LogP) is 1.63. The monoisotopic (exact) mass is 214 g/mol. The third kappa shape index (κ3) is 4.68. The van der Waals surface area contributed by atoms with E-state index in [-0.39, 0.29) is 24.8 Å². The van der Waals surface area contributed by atoms with Crippen LogP contribution in [0.2, 0.25) is 0 Å². The van der Waals surface area contributed by atoms with Gasteiger partial charge in [0.05, 0.1) is 0 Å². The van der Waals surface area contributed by atoms with Crippen LogP contribution < -0.4 is 11.3 Å². The smallest absolute Gasteiger partial charge is 0.271 e. The number of nitrogens with one attached hydrogen (secondary N) is 1. The van der Waals surface area contributed by atoms with Crippen LogP contribution >= 0.6 is 24.8 Å². The van der Waals surface area contributed by atoms with Crippen molar-refractivity contribution < 1.29 is 13.2 Å². The lowest BCUT2D eigenvalue weighted by Gasteiger charge is -2.26. The van der Waals surface area contributed by atoms with Crippen LogP contribution in [0.25, 0.3) is 0 Å². The molecule has 11 heavy (non-hydrogen) atoms. The average molecular weight is 215 g/mol. The lowest BCUT2D eigenvalue weighted by atomic mass is 10.1. The van der Waals surface area contributed by atoms with Crippen molar-refractivity contribution in [3.8, 4) is 0 Å². The van der Waals surface area contributed by atoms with Gasteiger partial charge in [-0.05, 0) is 13.8 Å². The highest BCUT2D eigenvalue weighted by atomic mass is 35.5. The Kier molecular flexibility index (Phi) is 7.95. The van der Waals surface area contributed by atoms with E-state index in [1.807, 2.05) is 0 Å². The van der Waals surface area contributed by atoms with E-state index < -0.39 is 11.7 Å². The van der Waals surface area contributed by atoms with Crippen molar-refractivity contribution in [2.24, 2.45) is 5.84 Å². The Labute approximate surface area is 75.5 Å². The maximum atomic E-state index is 11.7. The summed E-state index contributed by atoms with van der Waals surface area (Å²) in [6, 6.07) is 0. The molecule has 0 heterocycles. The average Bonchev–Trinajstić information content (AvgIpc) is 1.64. The summed E-state index contributed by atoms with van der Waals surface area (Å²) in [5, 5.41) is 0. The van der Waals surface area contributed by atoms with Gasteiger partial charge in [-0.25, -0.2) is 5.43 Å². The van der Waals surface area contributed by atoms with Gasteiger partial charge in [-0.15, -0.1) is 24.8 Å². The van der Waals surface area contributed by atoms with E-state index in [2.05, 4.69) is 5.84 Å². The molecule has 72 valence electrons. The highest BCUT2D eigenvalue weighted by Gasteiger charge is 2.46. The molecule has 0 unspecified atom stereocenters. The zero-order valence-electron chi connectivity index (χ0n) is 6.03. The normalized spacial score (nSPS) is 11.5. The zero-order chi connectivity index (χ0) is 7.71. The SMILES string of the molecule is CC(C)(NN)C(F)(F)F.Cl.Cl. The van der Waals surface area contributed by atoms with Gasteiger partial charge in [-0.2, -0.15) is 13.2 Å². The van der Waals surface area contributed by atoms with Gasteiger partial charge in [0.1, 0.15) is 5.54 Å². The molecule has 0 aromatic heterocycles. The number of hydrogen-bond donors (Lipinski definition) is 2. The second-order valence-electron chi connectivity index (χ2n) is 2.27. The first kappa shape index (κ1) is 17.4. The molecule has 0 saturated carbocycles. The van der Waals surface area contributed by atoms with E-state index in [0.29, 0.717) is 0 Å². The van der Waals surface area contributed by atoms with Crippen LogP contribution in [-0.2, 0) is 0 Å². The number of rotatable bonds is 1. The molecular weight excluding hydrogens is 204 g/mol. The summed E-state index contributed by atoms with van der Waals surface area (Å²) < 4.78 is 35.1. The van der Waals surface area contributed by atoms with Gasteiger partial charge in [0.15, 0.2) is 0 Å². The molecule has 0 rings (SSSR count). The summed E-state index contributed by atoms with van der Waals surface area (Å²) in [5.74, 6) is 4.62. The van der Waals surface area contributed by atoms with Crippen molar-refractivity contribution in [1.82, 2.24) is 5.43 Å². The number of nitrogens with two attached hydrogens (primary N) is 1. The summed E-state index contributed by atoms with van der Waals surface area (Å²) in [6.07, 6.45) is -4.29. The van der Waals surface area contributed by atoms with E-state index in [4.69, 9.17) is 0 Å². The number of halogens is 5. The van der Waals surface area contributed by atoms with E-state index in [1.54, 1.807) is 5.43 Å². The van der Waals surface area contributed by atoms with Crippen LogP contribution in [0.1, 0.15) is 13.8 Å². The molecule has 3 N–H and O–H groups in total. The van der Waals surface area contributed by atoms with Gasteiger partial charge in [0.25, 0.3) is 0 Å². The molecule has 0 bridgehead atoms. The first-order chi connectivity index (χ1) is 3.81. The van der Waals surface area contributed by atoms with Crippen molar-refractivity contribution >= 4 is 24.8 Å². The minimum Gasteiger partial charge on any atom is -0.271 e. The van der Waals surface area contributed by atoms with Crippen molar-refractivity contribution in [3.63, 3.8) is 0 Å². The van der Waals surface area contributed by atoms with Crippen molar-refractivity contribution in [2.45, 2.75) is 25.6 Å². The number of hydrogen-bond acceptors (Lipinski definition) is 2. The first-order valence-corrected chi connectivity index (χ1v) is 2.36. The standard InChI is InChI=1S/C4H9F3N2.2ClH/c1-3(2,9-8)4(5,6)7;;/h9H,8H2,1-2H3;2*1H. The maximum Gasteiger partial charge on any atom is 0.407 e. The zero-order valence-corrected chi connectivity index (χ0v) is 7.66. The molecule has 0 atom stereocenters. The summed E-state index contributed by atoms with van der Waals surface area (Å²) in [6.45, 7) is 1.93. The lowest BCUT2D eigenvalue weighted by molar-refractivity contribution is -0.186. The van der Waals surface area contributed by atoms with Crippen LogP contribution in [0.4, 0.5) is 13.2 Å². The topological polar surface area (TPSA) is 38.0 Å². The fourth-order valence-electron chi connectivity index (χ4n) is 0.0818. The quantitative estimate of drug-likeness (QED) is 0.515.